The maximum Gasteiger partial charge on any atom is 0.339 e. The summed E-state index contributed by atoms with van der Waals surface area (Å²) in [6.45, 7) is 5.99. The molecule has 0 aliphatic carbocycles. The molecule has 0 fully saturated rings. The van der Waals surface area contributed by atoms with Crippen molar-refractivity contribution in [1.82, 2.24) is 0 Å². The maximum absolute atomic E-state index is 12.9. The summed E-state index contributed by atoms with van der Waals surface area (Å²) in [7, 11) is -3.98. The Labute approximate surface area is 183 Å². The molecule has 0 saturated heterocycles. The van der Waals surface area contributed by atoms with Crippen LogP contribution < -0.4 is 4.18 Å². The highest BCUT2D eigenvalue weighted by Gasteiger charge is 2.19. The molecule has 5 heteroatoms. The van der Waals surface area contributed by atoms with Gasteiger partial charge in [0.05, 0.1) is 5.69 Å². The molecule has 0 radical (unpaired) electrons. The van der Waals surface area contributed by atoms with Crippen molar-refractivity contribution in [2.75, 3.05) is 0 Å². The summed E-state index contributed by atoms with van der Waals surface area (Å²) in [6, 6.07) is 23.8. The van der Waals surface area contributed by atoms with Gasteiger partial charge in [0, 0.05) is 11.8 Å². The predicted molar refractivity (Wildman–Crippen MR) is 126 cm³/mol. The number of aryl methyl sites for hydroxylation is 3. The van der Waals surface area contributed by atoms with Crippen molar-refractivity contribution in [2.24, 2.45) is 4.99 Å². The lowest BCUT2D eigenvalue weighted by Crippen LogP contribution is -2.11. The molecular weight excluding hydrogens is 406 g/mol. The van der Waals surface area contributed by atoms with Crippen LogP contribution in [-0.2, 0) is 10.1 Å². The van der Waals surface area contributed by atoms with Crippen molar-refractivity contribution in [3.05, 3.63) is 101 Å². The Morgan fingerprint density at radius 1 is 0.806 bits per heavy atom. The van der Waals surface area contributed by atoms with Crippen LogP contribution >= 0.6 is 0 Å². The average Bonchev–Trinajstić information content (AvgIpc) is 2.75. The Morgan fingerprint density at radius 3 is 2.29 bits per heavy atom. The number of fused-ring (bicyclic) bond motifs is 1. The van der Waals surface area contributed by atoms with Crippen LogP contribution in [0.25, 0.3) is 10.8 Å². The number of benzene rings is 4. The van der Waals surface area contributed by atoms with E-state index >= 15 is 0 Å². The van der Waals surface area contributed by atoms with E-state index in [-0.39, 0.29) is 10.6 Å². The van der Waals surface area contributed by atoms with E-state index in [0.717, 1.165) is 27.6 Å². The second-order valence-electron chi connectivity index (χ2n) is 7.58. The molecule has 0 aliphatic rings. The van der Waals surface area contributed by atoms with Gasteiger partial charge in [-0.3, -0.25) is 4.99 Å². The molecule has 0 aromatic heterocycles. The maximum atomic E-state index is 12.9. The number of hydrogen-bond acceptors (Lipinski definition) is 4. The summed E-state index contributed by atoms with van der Waals surface area (Å²) in [4.78, 5) is 4.72. The quantitative estimate of drug-likeness (QED) is 0.277. The van der Waals surface area contributed by atoms with Crippen LogP contribution in [0.1, 0.15) is 22.3 Å². The molecule has 156 valence electrons. The van der Waals surface area contributed by atoms with E-state index in [2.05, 4.69) is 11.9 Å². The lowest BCUT2D eigenvalue weighted by Gasteiger charge is -2.12. The fraction of sp³-hybridized carbons (Fsp3) is 0.115. The van der Waals surface area contributed by atoms with Crippen LogP contribution in [0.5, 0.6) is 5.75 Å². The molecule has 0 amide bonds. The fourth-order valence-corrected chi connectivity index (χ4v) is 4.25. The molecule has 0 N–H and O–H groups in total. The molecule has 4 rings (SSSR count). The van der Waals surface area contributed by atoms with Crippen LogP contribution in [0.3, 0.4) is 0 Å². The van der Waals surface area contributed by atoms with Gasteiger partial charge >= 0.3 is 10.1 Å². The Hall–Kier alpha value is -3.44. The van der Waals surface area contributed by atoms with Gasteiger partial charge in [0.15, 0.2) is 5.75 Å². The molecule has 4 aromatic rings. The van der Waals surface area contributed by atoms with E-state index in [1.807, 2.05) is 62.4 Å². The first-order chi connectivity index (χ1) is 14.8. The minimum absolute atomic E-state index is 0.114. The van der Waals surface area contributed by atoms with Crippen LogP contribution in [0.2, 0.25) is 0 Å². The zero-order valence-electron chi connectivity index (χ0n) is 17.7. The van der Waals surface area contributed by atoms with Crippen LogP contribution in [0.4, 0.5) is 5.69 Å². The largest absolute Gasteiger partial charge is 0.378 e. The first-order valence-corrected chi connectivity index (χ1v) is 11.4. The summed E-state index contributed by atoms with van der Waals surface area (Å²) >= 11 is 0. The molecular formula is C26H23NO3S. The first-order valence-electron chi connectivity index (χ1n) is 9.98. The smallest absolute Gasteiger partial charge is 0.339 e. The Bertz CT molecular complexity index is 1390. The third-order valence-electron chi connectivity index (χ3n) is 5.27. The van der Waals surface area contributed by atoms with Gasteiger partial charge in [0.25, 0.3) is 0 Å². The summed E-state index contributed by atoms with van der Waals surface area (Å²) in [6.07, 6.45) is 1.67. The summed E-state index contributed by atoms with van der Waals surface area (Å²) in [5.41, 5.74) is 4.73. The molecule has 0 saturated carbocycles. The van der Waals surface area contributed by atoms with Crippen LogP contribution in [0, 0.1) is 20.8 Å². The summed E-state index contributed by atoms with van der Waals surface area (Å²) in [5, 5.41) is 1.84. The van der Waals surface area contributed by atoms with Crippen LogP contribution in [-0.4, -0.2) is 14.6 Å². The molecule has 0 heterocycles. The minimum Gasteiger partial charge on any atom is -0.378 e. The molecule has 0 bridgehead atoms. The Balaban J connectivity index is 1.79. The van der Waals surface area contributed by atoms with E-state index in [1.54, 1.807) is 36.5 Å². The van der Waals surface area contributed by atoms with Gasteiger partial charge in [-0.1, -0.05) is 54.1 Å². The normalized spacial score (nSPS) is 11.8. The third kappa shape index (κ3) is 4.52. The first kappa shape index (κ1) is 20.8. The SMILES string of the molecule is Cc1ccc(S(=O)(=O)Oc2ccc3ccccc3c2C=Nc2ccc(C)c(C)c2)cc1. The highest BCUT2D eigenvalue weighted by atomic mass is 32.2. The fourth-order valence-electron chi connectivity index (χ4n) is 3.30. The van der Waals surface area contributed by atoms with Gasteiger partial charge in [0.1, 0.15) is 4.90 Å². The standard InChI is InChI=1S/C26H23NO3S/c1-18-8-13-23(14-9-18)31(28,29)30-26-15-11-21-6-4-5-7-24(21)25(26)17-27-22-12-10-19(2)20(3)16-22/h4-17H,1-3H3. The highest BCUT2D eigenvalue weighted by molar-refractivity contribution is 7.87. The highest BCUT2D eigenvalue weighted by Crippen LogP contribution is 2.30. The second kappa shape index (κ2) is 8.36. The lowest BCUT2D eigenvalue weighted by atomic mass is 10.0. The predicted octanol–water partition coefficient (Wildman–Crippen LogP) is 6.28. The number of hydrogen-bond donors (Lipinski definition) is 0. The molecule has 4 aromatic carbocycles. The Morgan fingerprint density at radius 2 is 1.55 bits per heavy atom. The molecule has 0 aliphatic heterocycles. The van der Waals surface area contributed by atoms with Gasteiger partial charge < -0.3 is 4.18 Å². The second-order valence-corrected chi connectivity index (χ2v) is 9.12. The minimum atomic E-state index is -3.98. The molecule has 0 spiro atoms. The van der Waals surface area contributed by atoms with Gasteiger partial charge in [-0.2, -0.15) is 8.42 Å². The molecule has 4 nitrogen and oxygen atoms in total. The van der Waals surface area contributed by atoms with E-state index in [1.165, 1.54) is 5.56 Å². The van der Waals surface area contributed by atoms with E-state index < -0.39 is 10.1 Å². The molecule has 0 atom stereocenters. The van der Waals surface area contributed by atoms with Crippen molar-refractivity contribution < 1.29 is 12.6 Å². The topological polar surface area (TPSA) is 55.7 Å². The van der Waals surface area contributed by atoms with Crippen molar-refractivity contribution in [2.45, 2.75) is 25.7 Å². The van der Waals surface area contributed by atoms with Crippen molar-refractivity contribution in [1.29, 1.82) is 0 Å². The third-order valence-corrected chi connectivity index (χ3v) is 6.52. The molecule has 0 unspecified atom stereocenters. The zero-order chi connectivity index (χ0) is 22.0. The Kier molecular flexibility index (Phi) is 5.61. The van der Waals surface area contributed by atoms with Gasteiger partial charge in [-0.25, -0.2) is 0 Å². The van der Waals surface area contributed by atoms with Crippen molar-refractivity contribution in [3.63, 3.8) is 0 Å². The van der Waals surface area contributed by atoms with Crippen molar-refractivity contribution in [3.8, 4) is 5.75 Å². The van der Waals surface area contributed by atoms with Gasteiger partial charge in [-0.15, -0.1) is 0 Å². The zero-order valence-corrected chi connectivity index (χ0v) is 18.5. The van der Waals surface area contributed by atoms with Gasteiger partial charge in [0.2, 0.25) is 0 Å². The van der Waals surface area contributed by atoms with Gasteiger partial charge in [-0.05, 0) is 73.0 Å². The number of rotatable bonds is 5. The average molecular weight is 430 g/mol. The number of aliphatic imine (C=N–C) groups is 1. The lowest BCUT2D eigenvalue weighted by molar-refractivity contribution is 0.486. The van der Waals surface area contributed by atoms with Crippen molar-refractivity contribution >= 4 is 32.8 Å². The van der Waals surface area contributed by atoms with Crippen LogP contribution in [0.15, 0.2) is 88.8 Å². The van der Waals surface area contributed by atoms with E-state index in [0.29, 0.717) is 5.56 Å². The summed E-state index contributed by atoms with van der Waals surface area (Å²) in [5.74, 6) is 0.242. The summed E-state index contributed by atoms with van der Waals surface area (Å²) < 4.78 is 31.4. The van der Waals surface area contributed by atoms with E-state index in [4.69, 9.17) is 4.18 Å². The number of nitrogens with zero attached hydrogens (tertiary/aromatic N) is 1. The monoisotopic (exact) mass is 429 g/mol. The van der Waals surface area contributed by atoms with E-state index in [9.17, 15) is 8.42 Å². The molecule has 31 heavy (non-hydrogen) atoms.